The van der Waals surface area contributed by atoms with Gasteiger partial charge in [0.1, 0.15) is 0 Å². The average molecular weight is 224 g/mol. The SMILES string of the molecule is C[C@H]1CC[C@@H](c2ccc(Cl)cc2)NC1=O. The predicted octanol–water partition coefficient (Wildman–Crippen LogP) is 2.93. The quantitative estimate of drug-likeness (QED) is 0.779. The fourth-order valence-corrected chi connectivity index (χ4v) is 2.00. The molecule has 1 heterocycles. The van der Waals surface area contributed by atoms with Crippen molar-refractivity contribution in [3.63, 3.8) is 0 Å². The maximum atomic E-state index is 11.5. The summed E-state index contributed by atoms with van der Waals surface area (Å²) in [5, 5.41) is 3.75. The average Bonchev–Trinajstić information content (AvgIpc) is 2.23. The summed E-state index contributed by atoms with van der Waals surface area (Å²) in [7, 11) is 0. The van der Waals surface area contributed by atoms with Gasteiger partial charge in [-0.25, -0.2) is 0 Å². The number of amides is 1. The fourth-order valence-electron chi connectivity index (χ4n) is 1.88. The number of benzene rings is 1. The molecule has 2 atom stereocenters. The Balaban J connectivity index is 2.12. The van der Waals surface area contributed by atoms with Gasteiger partial charge in [0.25, 0.3) is 0 Å². The van der Waals surface area contributed by atoms with Crippen LogP contribution in [0.3, 0.4) is 0 Å². The van der Waals surface area contributed by atoms with Crippen LogP contribution in [-0.4, -0.2) is 5.91 Å². The number of nitrogens with one attached hydrogen (secondary N) is 1. The molecule has 1 aliphatic rings. The van der Waals surface area contributed by atoms with Crippen molar-refractivity contribution < 1.29 is 4.79 Å². The molecule has 80 valence electrons. The minimum Gasteiger partial charge on any atom is -0.349 e. The van der Waals surface area contributed by atoms with Gasteiger partial charge in [-0.05, 0) is 30.5 Å². The molecule has 0 aliphatic carbocycles. The van der Waals surface area contributed by atoms with Crippen LogP contribution in [0.25, 0.3) is 0 Å². The minimum atomic E-state index is 0.147. The first-order chi connectivity index (χ1) is 7.16. The molecule has 1 aliphatic heterocycles. The summed E-state index contributed by atoms with van der Waals surface area (Å²) in [5.41, 5.74) is 1.14. The Hall–Kier alpha value is -1.02. The van der Waals surface area contributed by atoms with Crippen molar-refractivity contribution >= 4 is 17.5 Å². The maximum absolute atomic E-state index is 11.5. The Bertz CT molecular complexity index is 360. The Kier molecular flexibility index (Phi) is 2.96. The molecule has 0 spiro atoms. The van der Waals surface area contributed by atoms with Crippen molar-refractivity contribution in [2.45, 2.75) is 25.8 Å². The van der Waals surface area contributed by atoms with E-state index >= 15 is 0 Å². The van der Waals surface area contributed by atoms with E-state index in [1.54, 1.807) is 0 Å². The van der Waals surface area contributed by atoms with Gasteiger partial charge < -0.3 is 5.32 Å². The van der Waals surface area contributed by atoms with Gasteiger partial charge in [0.15, 0.2) is 0 Å². The van der Waals surface area contributed by atoms with Gasteiger partial charge >= 0.3 is 0 Å². The smallest absolute Gasteiger partial charge is 0.223 e. The molecule has 0 bridgehead atoms. The Morgan fingerprint density at radius 1 is 1.27 bits per heavy atom. The monoisotopic (exact) mass is 223 g/mol. The van der Waals surface area contributed by atoms with Crippen LogP contribution in [-0.2, 0) is 4.79 Å². The second-order valence-electron chi connectivity index (χ2n) is 4.09. The van der Waals surface area contributed by atoms with E-state index in [1.807, 2.05) is 31.2 Å². The number of hydrogen-bond acceptors (Lipinski definition) is 1. The molecular weight excluding hydrogens is 210 g/mol. The molecule has 1 N–H and O–H groups in total. The summed E-state index contributed by atoms with van der Waals surface area (Å²) < 4.78 is 0. The van der Waals surface area contributed by atoms with Crippen LogP contribution in [0.15, 0.2) is 24.3 Å². The highest BCUT2D eigenvalue weighted by molar-refractivity contribution is 6.30. The molecule has 0 unspecified atom stereocenters. The lowest BCUT2D eigenvalue weighted by molar-refractivity contribution is -0.127. The van der Waals surface area contributed by atoms with Crippen LogP contribution in [0, 0.1) is 5.92 Å². The lowest BCUT2D eigenvalue weighted by atomic mass is 9.91. The second kappa shape index (κ2) is 4.23. The summed E-state index contributed by atoms with van der Waals surface area (Å²) in [6.45, 7) is 1.97. The van der Waals surface area contributed by atoms with E-state index < -0.39 is 0 Å². The summed E-state index contributed by atoms with van der Waals surface area (Å²) in [5.74, 6) is 0.301. The van der Waals surface area contributed by atoms with Gasteiger partial charge in [-0.15, -0.1) is 0 Å². The Labute approximate surface area is 94.6 Å². The topological polar surface area (TPSA) is 29.1 Å². The molecule has 0 aromatic heterocycles. The maximum Gasteiger partial charge on any atom is 0.223 e. The van der Waals surface area contributed by atoms with Crippen LogP contribution >= 0.6 is 11.6 Å². The van der Waals surface area contributed by atoms with Gasteiger partial charge in [0.2, 0.25) is 5.91 Å². The molecule has 15 heavy (non-hydrogen) atoms. The van der Waals surface area contributed by atoms with Gasteiger partial charge in [-0.1, -0.05) is 30.7 Å². The van der Waals surface area contributed by atoms with Crippen molar-refractivity contribution in [2.75, 3.05) is 0 Å². The number of rotatable bonds is 1. The number of carbonyl (C=O) groups is 1. The number of halogens is 1. The highest BCUT2D eigenvalue weighted by Crippen LogP contribution is 2.26. The molecule has 2 rings (SSSR count). The van der Waals surface area contributed by atoms with E-state index in [4.69, 9.17) is 11.6 Å². The van der Waals surface area contributed by atoms with Crippen molar-refractivity contribution in [3.8, 4) is 0 Å². The van der Waals surface area contributed by atoms with Crippen molar-refractivity contribution in [1.29, 1.82) is 0 Å². The van der Waals surface area contributed by atoms with Crippen LogP contribution < -0.4 is 5.32 Å². The standard InChI is InChI=1S/C12H14ClNO/c1-8-2-7-11(14-12(8)15)9-3-5-10(13)6-4-9/h3-6,8,11H,2,7H2,1H3,(H,14,15)/t8-,11-/m0/s1. The second-order valence-corrected chi connectivity index (χ2v) is 4.53. The number of hydrogen-bond donors (Lipinski definition) is 1. The zero-order valence-corrected chi connectivity index (χ0v) is 9.42. The summed E-state index contributed by atoms with van der Waals surface area (Å²) >= 11 is 5.82. The first kappa shape index (κ1) is 10.5. The molecular formula is C12H14ClNO. The van der Waals surface area contributed by atoms with Crippen LogP contribution in [0.2, 0.25) is 5.02 Å². The fraction of sp³-hybridized carbons (Fsp3) is 0.417. The molecule has 1 aromatic rings. The molecule has 0 radical (unpaired) electrons. The van der Waals surface area contributed by atoms with Crippen LogP contribution in [0.1, 0.15) is 31.4 Å². The third-order valence-corrected chi connectivity index (χ3v) is 3.18. The summed E-state index contributed by atoms with van der Waals surface area (Å²) in [6.07, 6.45) is 1.97. The van der Waals surface area contributed by atoms with Gasteiger partial charge in [0.05, 0.1) is 6.04 Å². The van der Waals surface area contributed by atoms with Gasteiger partial charge in [-0.2, -0.15) is 0 Å². The van der Waals surface area contributed by atoms with Crippen molar-refractivity contribution in [2.24, 2.45) is 5.92 Å². The highest BCUT2D eigenvalue weighted by atomic mass is 35.5. The molecule has 1 amide bonds. The molecule has 1 saturated heterocycles. The van der Waals surface area contributed by atoms with Crippen LogP contribution in [0.5, 0.6) is 0 Å². The van der Waals surface area contributed by atoms with E-state index in [2.05, 4.69) is 5.32 Å². The van der Waals surface area contributed by atoms with E-state index in [1.165, 1.54) is 0 Å². The third-order valence-electron chi connectivity index (χ3n) is 2.92. The normalized spacial score (nSPS) is 26.1. The Morgan fingerprint density at radius 3 is 2.53 bits per heavy atom. The molecule has 0 saturated carbocycles. The van der Waals surface area contributed by atoms with E-state index in [0.29, 0.717) is 0 Å². The van der Waals surface area contributed by atoms with Gasteiger partial charge in [-0.3, -0.25) is 4.79 Å². The first-order valence-electron chi connectivity index (χ1n) is 5.22. The third kappa shape index (κ3) is 2.32. The zero-order valence-electron chi connectivity index (χ0n) is 8.66. The van der Waals surface area contributed by atoms with E-state index in [9.17, 15) is 4.79 Å². The zero-order chi connectivity index (χ0) is 10.8. The number of piperidine rings is 1. The molecule has 1 aromatic carbocycles. The summed E-state index contributed by atoms with van der Waals surface area (Å²) in [6, 6.07) is 7.83. The summed E-state index contributed by atoms with van der Waals surface area (Å²) in [4.78, 5) is 11.5. The lowest BCUT2D eigenvalue weighted by Gasteiger charge is -2.27. The minimum absolute atomic E-state index is 0.147. The highest BCUT2D eigenvalue weighted by Gasteiger charge is 2.25. The van der Waals surface area contributed by atoms with Crippen molar-refractivity contribution in [1.82, 2.24) is 5.32 Å². The predicted molar refractivity (Wildman–Crippen MR) is 60.7 cm³/mol. The first-order valence-corrected chi connectivity index (χ1v) is 5.60. The largest absolute Gasteiger partial charge is 0.349 e. The molecule has 1 fully saturated rings. The molecule has 2 nitrogen and oxygen atoms in total. The Morgan fingerprint density at radius 2 is 1.93 bits per heavy atom. The van der Waals surface area contributed by atoms with Crippen molar-refractivity contribution in [3.05, 3.63) is 34.9 Å². The van der Waals surface area contributed by atoms with Gasteiger partial charge in [0, 0.05) is 10.9 Å². The van der Waals surface area contributed by atoms with E-state index in [0.717, 1.165) is 23.4 Å². The lowest BCUT2D eigenvalue weighted by Crippen LogP contribution is -2.37. The van der Waals surface area contributed by atoms with E-state index in [-0.39, 0.29) is 17.9 Å². The molecule has 3 heteroatoms. The number of carbonyl (C=O) groups excluding carboxylic acids is 1. The van der Waals surface area contributed by atoms with Crippen LogP contribution in [0.4, 0.5) is 0 Å².